The van der Waals surface area contributed by atoms with Gasteiger partial charge in [-0.15, -0.1) is 0 Å². The second-order valence-corrected chi connectivity index (χ2v) is 3.81. The van der Waals surface area contributed by atoms with Crippen LogP contribution in [0, 0.1) is 0 Å². The first-order chi connectivity index (χ1) is 6.95. The van der Waals surface area contributed by atoms with Crippen LogP contribution in [-0.2, 0) is 12.6 Å². The number of alkyl halides is 3. The van der Waals surface area contributed by atoms with Crippen LogP contribution in [0.4, 0.5) is 13.2 Å². The summed E-state index contributed by atoms with van der Waals surface area (Å²) in [4.78, 5) is 0. The Morgan fingerprint density at radius 2 is 1.93 bits per heavy atom. The van der Waals surface area contributed by atoms with Gasteiger partial charge in [0.1, 0.15) is 0 Å². The average Bonchev–Trinajstić information content (AvgIpc) is 2.14. The minimum Gasteiger partial charge on any atom is -0.166 e. The third kappa shape index (κ3) is 3.42. The second kappa shape index (κ2) is 4.88. The zero-order valence-electron chi connectivity index (χ0n) is 8.37. The Morgan fingerprint density at radius 3 is 2.40 bits per heavy atom. The maximum absolute atomic E-state index is 12.3. The van der Waals surface area contributed by atoms with Crippen LogP contribution in [-0.4, -0.2) is 0 Å². The molecule has 1 rings (SSSR count). The number of hydrogen-bond donors (Lipinski definition) is 0. The first-order valence-corrected chi connectivity index (χ1v) is 5.18. The molecular formula is C11H12ClF3. The monoisotopic (exact) mass is 236 g/mol. The van der Waals surface area contributed by atoms with Crippen molar-refractivity contribution in [3.05, 3.63) is 34.3 Å². The van der Waals surface area contributed by atoms with E-state index in [-0.39, 0.29) is 5.02 Å². The lowest BCUT2D eigenvalue weighted by Crippen LogP contribution is -2.05. The molecule has 0 bridgehead atoms. The van der Waals surface area contributed by atoms with Gasteiger partial charge in [0.15, 0.2) is 0 Å². The number of rotatable bonds is 3. The van der Waals surface area contributed by atoms with Crippen LogP contribution >= 0.6 is 11.6 Å². The van der Waals surface area contributed by atoms with Crippen LogP contribution in [0.15, 0.2) is 18.2 Å². The predicted octanol–water partition coefficient (Wildman–Crippen LogP) is 4.70. The first-order valence-electron chi connectivity index (χ1n) is 4.80. The number of hydrogen-bond acceptors (Lipinski definition) is 0. The molecule has 0 radical (unpaired) electrons. The van der Waals surface area contributed by atoms with Crippen molar-refractivity contribution in [1.82, 2.24) is 0 Å². The standard InChI is InChI=1S/C11H12ClF3/c1-2-3-4-8-5-6-9(7-10(8)12)11(13,14)15/h5-7H,2-4H2,1H3. The summed E-state index contributed by atoms with van der Waals surface area (Å²) in [7, 11) is 0. The molecule has 1 aromatic rings. The fourth-order valence-electron chi connectivity index (χ4n) is 1.29. The minimum absolute atomic E-state index is 0.207. The van der Waals surface area contributed by atoms with Crippen molar-refractivity contribution in [1.29, 1.82) is 0 Å². The van der Waals surface area contributed by atoms with E-state index < -0.39 is 11.7 Å². The highest BCUT2D eigenvalue weighted by Crippen LogP contribution is 2.32. The summed E-state index contributed by atoms with van der Waals surface area (Å²) in [6, 6.07) is 3.53. The molecule has 0 aliphatic heterocycles. The summed E-state index contributed by atoms with van der Waals surface area (Å²) >= 11 is 5.77. The number of unbranched alkanes of at least 4 members (excludes halogenated alkanes) is 1. The third-order valence-electron chi connectivity index (χ3n) is 2.18. The van der Waals surface area contributed by atoms with Crippen LogP contribution in [0.2, 0.25) is 5.02 Å². The second-order valence-electron chi connectivity index (χ2n) is 3.41. The van der Waals surface area contributed by atoms with Gasteiger partial charge in [0.05, 0.1) is 5.56 Å². The molecular weight excluding hydrogens is 225 g/mol. The van der Waals surface area contributed by atoms with Crippen LogP contribution < -0.4 is 0 Å². The van der Waals surface area contributed by atoms with Crippen molar-refractivity contribution in [3.63, 3.8) is 0 Å². The molecule has 15 heavy (non-hydrogen) atoms. The molecule has 0 aliphatic carbocycles. The van der Waals surface area contributed by atoms with E-state index in [1.165, 1.54) is 6.07 Å². The van der Waals surface area contributed by atoms with Gasteiger partial charge in [0.25, 0.3) is 0 Å². The van der Waals surface area contributed by atoms with Crippen molar-refractivity contribution in [3.8, 4) is 0 Å². The summed E-state index contributed by atoms with van der Waals surface area (Å²) in [5.74, 6) is 0. The van der Waals surface area contributed by atoms with Crippen molar-refractivity contribution in [2.24, 2.45) is 0 Å². The molecule has 0 heterocycles. The van der Waals surface area contributed by atoms with Gasteiger partial charge >= 0.3 is 6.18 Å². The average molecular weight is 237 g/mol. The summed E-state index contributed by atoms with van der Waals surface area (Å²) < 4.78 is 36.9. The summed E-state index contributed by atoms with van der Waals surface area (Å²) in [6.45, 7) is 2.03. The van der Waals surface area contributed by atoms with Gasteiger partial charge in [-0.1, -0.05) is 31.0 Å². The predicted molar refractivity (Wildman–Crippen MR) is 55.1 cm³/mol. The summed E-state index contributed by atoms with van der Waals surface area (Å²) in [6.07, 6.45) is -1.65. The Labute approximate surface area is 92.1 Å². The van der Waals surface area contributed by atoms with Crippen LogP contribution in [0.5, 0.6) is 0 Å². The lowest BCUT2D eigenvalue weighted by atomic mass is 10.1. The quantitative estimate of drug-likeness (QED) is 0.714. The Bertz CT molecular complexity index is 331. The van der Waals surface area contributed by atoms with Gasteiger partial charge < -0.3 is 0 Å². The molecule has 1 aromatic carbocycles. The molecule has 0 atom stereocenters. The minimum atomic E-state index is -4.31. The van der Waals surface area contributed by atoms with Crippen molar-refractivity contribution < 1.29 is 13.2 Å². The maximum Gasteiger partial charge on any atom is 0.416 e. The number of benzene rings is 1. The zero-order chi connectivity index (χ0) is 11.5. The Balaban J connectivity index is 2.88. The topological polar surface area (TPSA) is 0 Å². The van der Waals surface area contributed by atoms with E-state index in [2.05, 4.69) is 0 Å². The molecule has 0 saturated carbocycles. The Hall–Kier alpha value is -0.700. The van der Waals surface area contributed by atoms with Crippen molar-refractivity contribution in [2.75, 3.05) is 0 Å². The van der Waals surface area contributed by atoms with Crippen molar-refractivity contribution in [2.45, 2.75) is 32.4 Å². The fourth-order valence-corrected chi connectivity index (χ4v) is 1.57. The van der Waals surface area contributed by atoms with E-state index in [1.807, 2.05) is 6.92 Å². The normalized spacial score (nSPS) is 11.8. The van der Waals surface area contributed by atoms with E-state index in [0.29, 0.717) is 0 Å². The molecule has 0 saturated heterocycles. The highest BCUT2D eigenvalue weighted by molar-refractivity contribution is 6.31. The first kappa shape index (κ1) is 12.4. The summed E-state index contributed by atoms with van der Waals surface area (Å²) in [5, 5.41) is 0.207. The summed E-state index contributed by atoms with van der Waals surface area (Å²) in [5.41, 5.74) is 0.0965. The molecule has 0 aliphatic rings. The molecule has 0 spiro atoms. The van der Waals surface area contributed by atoms with Crippen molar-refractivity contribution >= 4 is 11.6 Å². The highest BCUT2D eigenvalue weighted by Gasteiger charge is 2.30. The SMILES string of the molecule is CCCCc1ccc(C(F)(F)F)cc1Cl. The molecule has 0 unspecified atom stereocenters. The van der Waals surface area contributed by atoms with Gasteiger partial charge in [0, 0.05) is 5.02 Å². The molecule has 0 fully saturated rings. The maximum atomic E-state index is 12.3. The molecule has 4 heteroatoms. The molecule has 0 aromatic heterocycles. The van der Waals surface area contributed by atoms with Gasteiger partial charge in [-0.3, -0.25) is 0 Å². The van der Waals surface area contributed by atoms with E-state index in [9.17, 15) is 13.2 Å². The highest BCUT2D eigenvalue weighted by atomic mass is 35.5. The van der Waals surface area contributed by atoms with Crippen LogP contribution in [0.3, 0.4) is 0 Å². The molecule has 84 valence electrons. The molecule has 0 amide bonds. The third-order valence-corrected chi connectivity index (χ3v) is 2.53. The number of aryl methyl sites for hydroxylation is 1. The van der Waals surface area contributed by atoms with Crippen LogP contribution in [0.1, 0.15) is 30.9 Å². The van der Waals surface area contributed by atoms with Crippen LogP contribution in [0.25, 0.3) is 0 Å². The lowest BCUT2D eigenvalue weighted by molar-refractivity contribution is -0.137. The fraction of sp³-hybridized carbons (Fsp3) is 0.455. The van der Waals surface area contributed by atoms with Gasteiger partial charge in [0.2, 0.25) is 0 Å². The van der Waals surface area contributed by atoms with Gasteiger partial charge in [-0.25, -0.2) is 0 Å². The largest absolute Gasteiger partial charge is 0.416 e. The van der Waals surface area contributed by atoms with E-state index in [0.717, 1.165) is 37.0 Å². The van der Waals surface area contributed by atoms with E-state index >= 15 is 0 Å². The van der Waals surface area contributed by atoms with Gasteiger partial charge in [-0.2, -0.15) is 13.2 Å². The Morgan fingerprint density at radius 1 is 1.27 bits per heavy atom. The van der Waals surface area contributed by atoms with E-state index in [1.54, 1.807) is 0 Å². The lowest BCUT2D eigenvalue weighted by Gasteiger charge is -2.09. The number of halogens is 4. The van der Waals surface area contributed by atoms with E-state index in [4.69, 9.17) is 11.6 Å². The molecule has 0 nitrogen and oxygen atoms in total. The zero-order valence-corrected chi connectivity index (χ0v) is 9.12. The Kier molecular flexibility index (Phi) is 4.03. The smallest absolute Gasteiger partial charge is 0.166 e. The van der Waals surface area contributed by atoms with Gasteiger partial charge in [-0.05, 0) is 30.5 Å². The molecule has 0 N–H and O–H groups in total.